The maximum absolute atomic E-state index is 14.3. The van der Waals surface area contributed by atoms with Gasteiger partial charge in [0.1, 0.15) is 11.6 Å². The van der Waals surface area contributed by atoms with Gasteiger partial charge in [-0.1, -0.05) is 44.2 Å². The molecule has 3 aromatic rings. The molecule has 1 heterocycles. The van der Waals surface area contributed by atoms with E-state index in [-0.39, 0.29) is 30.9 Å². The van der Waals surface area contributed by atoms with Crippen molar-refractivity contribution < 1.29 is 14.2 Å². The molecule has 0 unspecified atom stereocenters. The number of rotatable bonds is 7. The van der Waals surface area contributed by atoms with Gasteiger partial charge in [-0.05, 0) is 34.9 Å². The van der Waals surface area contributed by atoms with Gasteiger partial charge in [-0.3, -0.25) is 0 Å². The summed E-state index contributed by atoms with van der Waals surface area (Å²) < 4.78 is 19.9. The number of halogens is 1. The Morgan fingerprint density at radius 2 is 1.89 bits per heavy atom. The summed E-state index contributed by atoms with van der Waals surface area (Å²) in [4.78, 5) is 4.57. The number of hydrogen-bond acceptors (Lipinski definition) is 4. The summed E-state index contributed by atoms with van der Waals surface area (Å²) in [5, 5.41) is 14.7. The first-order chi connectivity index (χ1) is 13.0. The number of aliphatic hydroxyl groups is 1. The van der Waals surface area contributed by atoms with Crippen LogP contribution >= 0.6 is 0 Å². The number of methoxy groups -OCH3 is 1. The van der Waals surface area contributed by atoms with Gasteiger partial charge in [0.05, 0.1) is 30.7 Å². The Balaban J connectivity index is 2.02. The van der Waals surface area contributed by atoms with E-state index in [1.54, 1.807) is 13.2 Å². The quantitative estimate of drug-likeness (QED) is 0.658. The Morgan fingerprint density at radius 1 is 1.11 bits per heavy atom. The molecule has 1 aromatic heterocycles. The highest BCUT2D eigenvalue weighted by Crippen LogP contribution is 2.36. The van der Waals surface area contributed by atoms with Crippen molar-refractivity contribution in [3.63, 3.8) is 0 Å². The van der Waals surface area contributed by atoms with Gasteiger partial charge in [0.25, 0.3) is 0 Å². The number of fused-ring (bicyclic) bond motifs is 1. The highest BCUT2D eigenvalue weighted by Gasteiger charge is 2.16. The first-order valence-corrected chi connectivity index (χ1v) is 9.11. The van der Waals surface area contributed by atoms with Gasteiger partial charge in [-0.15, -0.1) is 0 Å². The summed E-state index contributed by atoms with van der Waals surface area (Å²) in [5.74, 6) is 0.562. The standard InChI is InChI=1S/C22H25FN2O2/c1-14(2)20(13-26)24-12-19-17(23)9-10-18(25-19)22-16-7-5-4-6-15(16)8-11-21(22)27-3/h4-11,14,20,24,26H,12-13H2,1-3H3/t20-/m0/s1. The Hall–Kier alpha value is -2.50. The predicted octanol–water partition coefficient (Wildman–Crippen LogP) is 4.16. The fourth-order valence-electron chi connectivity index (χ4n) is 3.17. The second-order valence-corrected chi connectivity index (χ2v) is 6.90. The molecule has 5 heteroatoms. The third-order valence-corrected chi connectivity index (χ3v) is 4.82. The van der Waals surface area contributed by atoms with E-state index < -0.39 is 0 Å². The van der Waals surface area contributed by atoms with Crippen molar-refractivity contribution in [3.05, 3.63) is 60.0 Å². The van der Waals surface area contributed by atoms with Crippen LogP contribution in [0, 0.1) is 11.7 Å². The van der Waals surface area contributed by atoms with Crippen LogP contribution in [-0.4, -0.2) is 29.8 Å². The minimum absolute atomic E-state index is 0.00385. The smallest absolute Gasteiger partial charge is 0.146 e. The summed E-state index contributed by atoms with van der Waals surface area (Å²) in [5.41, 5.74) is 1.83. The lowest BCUT2D eigenvalue weighted by Gasteiger charge is -2.20. The Morgan fingerprint density at radius 3 is 2.59 bits per heavy atom. The molecule has 4 nitrogen and oxygen atoms in total. The molecule has 2 aromatic carbocycles. The normalized spacial score (nSPS) is 12.5. The molecular formula is C22H25FN2O2. The average molecular weight is 368 g/mol. The molecule has 0 fully saturated rings. The van der Waals surface area contributed by atoms with E-state index in [9.17, 15) is 9.50 Å². The van der Waals surface area contributed by atoms with Crippen molar-refractivity contribution >= 4 is 10.8 Å². The van der Waals surface area contributed by atoms with E-state index >= 15 is 0 Å². The molecule has 0 spiro atoms. The third-order valence-electron chi connectivity index (χ3n) is 4.82. The summed E-state index contributed by atoms with van der Waals surface area (Å²) in [6.07, 6.45) is 0. The van der Waals surface area contributed by atoms with Gasteiger partial charge in [0.2, 0.25) is 0 Å². The molecule has 0 saturated carbocycles. The zero-order valence-electron chi connectivity index (χ0n) is 15.9. The molecule has 0 bridgehead atoms. The molecular weight excluding hydrogens is 343 g/mol. The molecule has 0 aliphatic heterocycles. The number of aromatic nitrogens is 1. The van der Waals surface area contributed by atoms with E-state index in [4.69, 9.17) is 4.74 Å². The fraction of sp³-hybridized carbons (Fsp3) is 0.318. The average Bonchev–Trinajstić information content (AvgIpc) is 2.68. The minimum atomic E-state index is -0.370. The van der Waals surface area contributed by atoms with Crippen LogP contribution in [0.15, 0.2) is 48.5 Å². The van der Waals surface area contributed by atoms with Crippen molar-refractivity contribution in [1.29, 1.82) is 0 Å². The summed E-state index contributed by atoms with van der Waals surface area (Å²) in [7, 11) is 1.62. The van der Waals surface area contributed by atoms with Crippen molar-refractivity contribution in [2.45, 2.75) is 26.4 Å². The molecule has 2 N–H and O–H groups in total. The largest absolute Gasteiger partial charge is 0.496 e. The van der Waals surface area contributed by atoms with Crippen LogP contribution < -0.4 is 10.1 Å². The number of aliphatic hydroxyl groups excluding tert-OH is 1. The second kappa shape index (κ2) is 8.46. The van der Waals surface area contributed by atoms with Gasteiger partial charge in [-0.25, -0.2) is 9.37 Å². The lowest BCUT2D eigenvalue weighted by molar-refractivity contribution is 0.209. The summed E-state index contributed by atoms with van der Waals surface area (Å²) >= 11 is 0. The molecule has 27 heavy (non-hydrogen) atoms. The van der Waals surface area contributed by atoms with Gasteiger partial charge in [0, 0.05) is 12.6 Å². The Kier molecular flexibility index (Phi) is 6.04. The van der Waals surface area contributed by atoms with Crippen LogP contribution in [-0.2, 0) is 6.54 Å². The minimum Gasteiger partial charge on any atom is -0.496 e. The molecule has 0 aliphatic rings. The first-order valence-electron chi connectivity index (χ1n) is 9.11. The Bertz CT molecular complexity index is 927. The molecule has 0 saturated heterocycles. The van der Waals surface area contributed by atoms with Gasteiger partial charge >= 0.3 is 0 Å². The lowest BCUT2D eigenvalue weighted by atomic mass is 10.00. The van der Waals surface area contributed by atoms with Gasteiger partial charge < -0.3 is 15.2 Å². The predicted molar refractivity (Wildman–Crippen MR) is 106 cm³/mol. The fourth-order valence-corrected chi connectivity index (χ4v) is 3.17. The number of benzene rings is 2. The number of pyridine rings is 1. The molecule has 142 valence electrons. The van der Waals surface area contributed by atoms with Crippen molar-refractivity contribution in [2.24, 2.45) is 5.92 Å². The molecule has 0 amide bonds. The molecule has 0 radical (unpaired) electrons. The highest BCUT2D eigenvalue weighted by molar-refractivity contribution is 5.98. The Labute approximate surface area is 159 Å². The summed E-state index contributed by atoms with van der Waals surface area (Å²) in [6.45, 7) is 4.26. The van der Waals surface area contributed by atoms with Crippen LogP contribution in [0.4, 0.5) is 4.39 Å². The van der Waals surface area contributed by atoms with Gasteiger partial charge in [-0.2, -0.15) is 0 Å². The van der Waals surface area contributed by atoms with E-state index in [0.717, 1.165) is 16.3 Å². The molecule has 1 atom stereocenters. The number of ether oxygens (including phenoxy) is 1. The number of hydrogen-bond donors (Lipinski definition) is 2. The summed E-state index contributed by atoms with van der Waals surface area (Å²) in [6, 6.07) is 14.9. The van der Waals surface area contributed by atoms with Crippen molar-refractivity contribution in [3.8, 4) is 17.0 Å². The van der Waals surface area contributed by atoms with E-state index in [2.05, 4.69) is 10.3 Å². The van der Waals surface area contributed by atoms with Crippen LogP contribution in [0.5, 0.6) is 5.75 Å². The number of nitrogens with zero attached hydrogens (tertiary/aromatic N) is 1. The van der Waals surface area contributed by atoms with E-state index in [0.29, 0.717) is 17.1 Å². The highest BCUT2D eigenvalue weighted by atomic mass is 19.1. The lowest BCUT2D eigenvalue weighted by Crippen LogP contribution is -2.36. The third kappa shape index (κ3) is 4.10. The maximum Gasteiger partial charge on any atom is 0.146 e. The van der Waals surface area contributed by atoms with Crippen LogP contribution in [0.2, 0.25) is 0 Å². The monoisotopic (exact) mass is 368 g/mol. The molecule has 3 rings (SSSR count). The second-order valence-electron chi connectivity index (χ2n) is 6.90. The zero-order valence-corrected chi connectivity index (χ0v) is 15.9. The first kappa shape index (κ1) is 19.3. The van der Waals surface area contributed by atoms with Crippen LogP contribution in [0.3, 0.4) is 0 Å². The number of nitrogens with one attached hydrogen (secondary N) is 1. The van der Waals surface area contributed by atoms with Crippen LogP contribution in [0.1, 0.15) is 19.5 Å². The van der Waals surface area contributed by atoms with Crippen LogP contribution in [0.25, 0.3) is 22.0 Å². The molecule has 0 aliphatic carbocycles. The topological polar surface area (TPSA) is 54.4 Å². The maximum atomic E-state index is 14.3. The zero-order chi connectivity index (χ0) is 19.4. The van der Waals surface area contributed by atoms with E-state index in [1.807, 2.05) is 50.2 Å². The van der Waals surface area contributed by atoms with Crippen molar-refractivity contribution in [1.82, 2.24) is 10.3 Å². The van der Waals surface area contributed by atoms with Gasteiger partial charge in [0.15, 0.2) is 0 Å². The van der Waals surface area contributed by atoms with Crippen molar-refractivity contribution in [2.75, 3.05) is 13.7 Å². The van der Waals surface area contributed by atoms with E-state index in [1.165, 1.54) is 6.07 Å². The SMILES string of the molecule is COc1ccc2ccccc2c1-c1ccc(F)c(CN[C@@H](CO)C(C)C)n1.